The smallest absolute Gasteiger partial charge is 0.343 e. The third kappa shape index (κ3) is 5.50. The van der Waals surface area contributed by atoms with E-state index in [0.717, 1.165) is 0 Å². The number of halogens is 1. The fourth-order valence-corrected chi connectivity index (χ4v) is 3.65. The van der Waals surface area contributed by atoms with Crippen LogP contribution in [0.3, 0.4) is 0 Å². The van der Waals surface area contributed by atoms with Crippen molar-refractivity contribution in [1.82, 2.24) is 0 Å². The highest BCUT2D eigenvalue weighted by molar-refractivity contribution is 6.30. The fraction of sp³-hybridized carbons (Fsp3) is 0.154. The van der Waals surface area contributed by atoms with Crippen LogP contribution in [0.15, 0.2) is 78.9 Å². The molecule has 0 unspecified atom stereocenters. The number of rotatable bonds is 7. The van der Waals surface area contributed by atoms with Gasteiger partial charge in [-0.1, -0.05) is 29.8 Å². The number of esters is 2. The van der Waals surface area contributed by atoms with E-state index in [1.807, 2.05) is 0 Å². The molecule has 1 heterocycles. The number of amides is 1. The molecular formula is C26H20ClNO6. The van der Waals surface area contributed by atoms with Gasteiger partial charge in [0, 0.05) is 29.2 Å². The lowest BCUT2D eigenvalue weighted by Gasteiger charge is -2.16. The summed E-state index contributed by atoms with van der Waals surface area (Å²) in [6.07, 6.45) is 0.0110. The SMILES string of the molecule is O=C(COC(=O)[C@@H]1CC(=O)N(c2ccc(Cl)cc2)C1)c1ccc(OC(=O)c2ccccc2)cc1. The number of benzene rings is 3. The first-order chi connectivity index (χ1) is 16.4. The third-order valence-electron chi connectivity index (χ3n) is 5.34. The van der Waals surface area contributed by atoms with E-state index < -0.39 is 30.2 Å². The number of Topliss-reactive ketones (excluding diaryl/α,β-unsaturated/α-hetero) is 1. The van der Waals surface area contributed by atoms with Crippen LogP contribution in [0.25, 0.3) is 0 Å². The normalized spacial score (nSPS) is 15.1. The highest BCUT2D eigenvalue weighted by Gasteiger charge is 2.36. The number of nitrogens with zero attached hydrogens (tertiary/aromatic N) is 1. The number of carbonyl (C=O) groups excluding carboxylic acids is 4. The van der Waals surface area contributed by atoms with Gasteiger partial charge in [-0.05, 0) is 60.7 Å². The average molecular weight is 478 g/mol. The van der Waals surface area contributed by atoms with Crippen LogP contribution in [0, 0.1) is 5.92 Å². The second-order valence-electron chi connectivity index (χ2n) is 7.69. The van der Waals surface area contributed by atoms with Crippen LogP contribution >= 0.6 is 11.6 Å². The Kier molecular flexibility index (Phi) is 7.04. The van der Waals surface area contributed by atoms with Crippen molar-refractivity contribution in [2.45, 2.75) is 6.42 Å². The molecule has 1 saturated heterocycles. The quantitative estimate of drug-likeness (QED) is 0.286. The van der Waals surface area contributed by atoms with Gasteiger partial charge < -0.3 is 14.4 Å². The zero-order valence-corrected chi connectivity index (χ0v) is 18.7. The van der Waals surface area contributed by atoms with E-state index in [9.17, 15) is 19.2 Å². The first-order valence-electron chi connectivity index (χ1n) is 10.5. The molecule has 1 atom stereocenters. The minimum absolute atomic E-state index is 0.0110. The van der Waals surface area contributed by atoms with Crippen molar-refractivity contribution in [3.8, 4) is 5.75 Å². The number of anilines is 1. The molecule has 1 amide bonds. The van der Waals surface area contributed by atoms with Gasteiger partial charge in [-0.25, -0.2) is 4.79 Å². The van der Waals surface area contributed by atoms with E-state index in [0.29, 0.717) is 21.8 Å². The molecule has 1 aliphatic heterocycles. The molecule has 0 bridgehead atoms. The summed E-state index contributed by atoms with van der Waals surface area (Å²) < 4.78 is 10.5. The lowest BCUT2D eigenvalue weighted by molar-refractivity contribution is -0.147. The highest BCUT2D eigenvalue weighted by atomic mass is 35.5. The molecule has 0 aliphatic carbocycles. The van der Waals surface area contributed by atoms with E-state index >= 15 is 0 Å². The number of ether oxygens (including phenoxy) is 2. The molecule has 7 nitrogen and oxygen atoms in total. The standard InChI is InChI=1S/C26H20ClNO6/c27-20-8-10-21(11-9-20)28-15-19(14-24(28)30)25(31)33-16-23(29)17-6-12-22(13-7-17)34-26(32)18-4-2-1-3-5-18/h1-13,19H,14-16H2/t19-/m1/s1. The predicted octanol–water partition coefficient (Wildman–Crippen LogP) is 4.34. The van der Waals surface area contributed by atoms with Gasteiger partial charge in [-0.15, -0.1) is 0 Å². The Balaban J connectivity index is 1.28. The fourth-order valence-electron chi connectivity index (χ4n) is 3.52. The van der Waals surface area contributed by atoms with Crippen LogP contribution in [0.4, 0.5) is 5.69 Å². The number of hydrogen-bond acceptors (Lipinski definition) is 6. The van der Waals surface area contributed by atoms with Crippen LogP contribution in [-0.2, 0) is 14.3 Å². The lowest BCUT2D eigenvalue weighted by Crippen LogP contribution is -2.27. The van der Waals surface area contributed by atoms with Crippen molar-refractivity contribution in [3.63, 3.8) is 0 Å². The van der Waals surface area contributed by atoms with Gasteiger partial charge in [0.2, 0.25) is 5.91 Å². The number of carbonyl (C=O) groups is 4. The topological polar surface area (TPSA) is 90.0 Å². The second-order valence-corrected chi connectivity index (χ2v) is 8.13. The molecule has 0 radical (unpaired) electrons. The van der Waals surface area contributed by atoms with Gasteiger partial charge in [0.05, 0.1) is 11.5 Å². The van der Waals surface area contributed by atoms with Crippen molar-refractivity contribution < 1.29 is 28.7 Å². The number of ketones is 1. The maximum atomic E-state index is 12.4. The Labute approximate surface area is 200 Å². The van der Waals surface area contributed by atoms with Crippen LogP contribution in [0.1, 0.15) is 27.1 Å². The molecule has 0 spiro atoms. The van der Waals surface area contributed by atoms with E-state index in [-0.39, 0.29) is 24.6 Å². The Morgan fingerprint density at radius 2 is 1.56 bits per heavy atom. The number of hydrogen-bond donors (Lipinski definition) is 0. The van der Waals surface area contributed by atoms with Crippen LogP contribution in [0.5, 0.6) is 5.75 Å². The first-order valence-corrected chi connectivity index (χ1v) is 10.9. The molecule has 1 fully saturated rings. The molecule has 3 aromatic carbocycles. The summed E-state index contributed by atoms with van der Waals surface area (Å²) in [5.41, 5.74) is 1.36. The minimum Gasteiger partial charge on any atom is -0.457 e. The average Bonchev–Trinajstić information content (AvgIpc) is 3.25. The van der Waals surface area contributed by atoms with Crippen molar-refractivity contribution in [2.24, 2.45) is 5.92 Å². The van der Waals surface area contributed by atoms with Gasteiger partial charge >= 0.3 is 11.9 Å². The summed E-state index contributed by atoms with van der Waals surface area (Å²) in [6, 6.07) is 21.3. The minimum atomic E-state index is -0.657. The van der Waals surface area contributed by atoms with Gasteiger partial charge in [-0.3, -0.25) is 14.4 Å². The zero-order valence-electron chi connectivity index (χ0n) is 18.0. The summed E-state index contributed by atoms with van der Waals surface area (Å²) in [6.45, 7) is -0.275. The van der Waals surface area contributed by atoms with E-state index in [4.69, 9.17) is 21.1 Å². The molecule has 8 heteroatoms. The van der Waals surface area contributed by atoms with Crippen molar-refractivity contribution >= 4 is 40.9 Å². The lowest BCUT2D eigenvalue weighted by atomic mass is 10.1. The third-order valence-corrected chi connectivity index (χ3v) is 5.59. The molecule has 3 aromatic rings. The molecule has 0 N–H and O–H groups in total. The molecular weight excluding hydrogens is 458 g/mol. The van der Waals surface area contributed by atoms with Crippen molar-refractivity contribution in [2.75, 3.05) is 18.1 Å². The largest absolute Gasteiger partial charge is 0.457 e. The van der Waals surface area contributed by atoms with Gasteiger partial charge in [-0.2, -0.15) is 0 Å². The predicted molar refractivity (Wildman–Crippen MR) is 125 cm³/mol. The van der Waals surface area contributed by atoms with Crippen molar-refractivity contribution in [3.05, 3.63) is 95.0 Å². The van der Waals surface area contributed by atoms with Crippen molar-refractivity contribution in [1.29, 1.82) is 0 Å². The Bertz CT molecular complexity index is 1210. The van der Waals surface area contributed by atoms with Gasteiger partial charge in [0.15, 0.2) is 12.4 Å². The summed E-state index contributed by atoms with van der Waals surface area (Å²) in [4.78, 5) is 50.8. The molecule has 0 aromatic heterocycles. The van der Waals surface area contributed by atoms with Gasteiger partial charge in [0.1, 0.15) is 5.75 Å². The second kappa shape index (κ2) is 10.3. The molecule has 1 aliphatic rings. The summed E-state index contributed by atoms with van der Waals surface area (Å²) in [5.74, 6) is -2.09. The molecule has 172 valence electrons. The molecule has 34 heavy (non-hydrogen) atoms. The van der Waals surface area contributed by atoms with Crippen LogP contribution < -0.4 is 9.64 Å². The molecule has 4 rings (SSSR count). The zero-order chi connectivity index (χ0) is 24.1. The Morgan fingerprint density at radius 1 is 0.882 bits per heavy atom. The highest BCUT2D eigenvalue weighted by Crippen LogP contribution is 2.27. The Hall–Kier alpha value is -3.97. The summed E-state index contributed by atoms with van der Waals surface area (Å²) in [7, 11) is 0. The van der Waals surface area contributed by atoms with Crippen LogP contribution in [0.2, 0.25) is 5.02 Å². The van der Waals surface area contributed by atoms with Crippen LogP contribution in [-0.4, -0.2) is 36.8 Å². The molecule has 0 saturated carbocycles. The van der Waals surface area contributed by atoms with Gasteiger partial charge in [0.25, 0.3) is 0 Å². The van der Waals surface area contributed by atoms with E-state index in [1.54, 1.807) is 54.6 Å². The Morgan fingerprint density at radius 3 is 2.24 bits per heavy atom. The maximum absolute atomic E-state index is 12.4. The summed E-state index contributed by atoms with van der Waals surface area (Å²) >= 11 is 5.88. The maximum Gasteiger partial charge on any atom is 0.343 e. The summed E-state index contributed by atoms with van der Waals surface area (Å²) in [5, 5.41) is 0.548. The van der Waals surface area contributed by atoms with E-state index in [1.165, 1.54) is 29.2 Å². The van der Waals surface area contributed by atoms with E-state index in [2.05, 4.69) is 0 Å². The first kappa shape index (κ1) is 23.2. The monoisotopic (exact) mass is 477 g/mol.